The zero-order valence-corrected chi connectivity index (χ0v) is 15.0. The molecule has 0 bridgehead atoms. The van der Waals surface area contributed by atoms with Crippen molar-refractivity contribution in [1.29, 1.82) is 0 Å². The molecule has 0 amide bonds. The molecule has 0 aliphatic carbocycles. The molecule has 1 aromatic carbocycles. The van der Waals surface area contributed by atoms with E-state index >= 15 is 0 Å². The summed E-state index contributed by atoms with van der Waals surface area (Å²) in [5, 5.41) is 0. The molecule has 1 aliphatic rings. The van der Waals surface area contributed by atoms with Crippen molar-refractivity contribution in [2.75, 3.05) is 32.4 Å². The van der Waals surface area contributed by atoms with Crippen LogP contribution < -0.4 is 5.73 Å². The van der Waals surface area contributed by atoms with E-state index < -0.39 is 10.0 Å². The zero-order chi connectivity index (χ0) is 15.8. The number of likely N-dealkylation sites (N-methyl/N-ethyl adjacent to an activating group) is 1. The van der Waals surface area contributed by atoms with Gasteiger partial charge in [-0.15, -0.1) is 0 Å². The summed E-state index contributed by atoms with van der Waals surface area (Å²) in [6, 6.07) is 3.26. The van der Waals surface area contributed by atoms with E-state index in [1.807, 2.05) is 14.0 Å². The molecule has 21 heavy (non-hydrogen) atoms. The number of sulfonamides is 1. The topological polar surface area (TPSA) is 66.6 Å². The van der Waals surface area contributed by atoms with E-state index in [1.165, 1.54) is 0 Å². The SMILES string of the molecule is Cc1cc(Br)c(N)cc1S(=O)(=O)N1CCCN(C)CC1C. The van der Waals surface area contributed by atoms with Crippen LogP contribution in [0.5, 0.6) is 0 Å². The number of aryl methyl sites for hydroxylation is 1. The van der Waals surface area contributed by atoms with Crippen molar-refractivity contribution in [1.82, 2.24) is 9.21 Å². The van der Waals surface area contributed by atoms with Gasteiger partial charge in [-0.3, -0.25) is 0 Å². The van der Waals surface area contributed by atoms with Gasteiger partial charge in [-0.25, -0.2) is 8.42 Å². The highest BCUT2D eigenvalue weighted by molar-refractivity contribution is 9.10. The fourth-order valence-corrected chi connectivity index (χ4v) is 5.14. The average molecular weight is 376 g/mol. The van der Waals surface area contributed by atoms with E-state index in [9.17, 15) is 8.42 Å². The number of benzene rings is 1. The zero-order valence-electron chi connectivity index (χ0n) is 12.6. The molecule has 2 N–H and O–H groups in total. The van der Waals surface area contributed by atoms with Gasteiger partial charge in [-0.1, -0.05) is 0 Å². The van der Waals surface area contributed by atoms with Gasteiger partial charge in [0, 0.05) is 29.3 Å². The molecule has 0 saturated carbocycles. The number of hydrogen-bond acceptors (Lipinski definition) is 4. The fourth-order valence-electron chi connectivity index (χ4n) is 2.78. The van der Waals surface area contributed by atoms with Gasteiger partial charge in [0.25, 0.3) is 0 Å². The smallest absolute Gasteiger partial charge is 0.243 e. The predicted molar refractivity (Wildman–Crippen MR) is 88.8 cm³/mol. The maximum Gasteiger partial charge on any atom is 0.243 e. The highest BCUT2D eigenvalue weighted by atomic mass is 79.9. The summed E-state index contributed by atoms with van der Waals surface area (Å²) in [5.41, 5.74) is 7.02. The third-order valence-corrected chi connectivity index (χ3v) is 6.71. The molecule has 1 fully saturated rings. The molecule has 5 nitrogen and oxygen atoms in total. The lowest BCUT2D eigenvalue weighted by atomic mass is 10.2. The highest BCUT2D eigenvalue weighted by Gasteiger charge is 2.32. The average Bonchev–Trinajstić information content (AvgIpc) is 2.54. The molecule has 0 spiro atoms. The Balaban J connectivity index is 2.44. The van der Waals surface area contributed by atoms with Gasteiger partial charge in [-0.05, 0) is 67.5 Å². The van der Waals surface area contributed by atoms with Crippen LogP contribution in [0.15, 0.2) is 21.5 Å². The molecule has 1 unspecified atom stereocenters. The first kappa shape index (κ1) is 16.7. The molecule has 1 heterocycles. The Labute approximate surface area is 135 Å². The van der Waals surface area contributed by atoms with Gasteiger partial charge in [0.05, 0.1) is 4.90 Å². The van der Waals surface area contributed by atoms with Gasteiger partial charge >= 0.3 is 0 Å². The first-order valence-electron chi connectivity index (χ1n) is 6.99. The molecular weight excluding hydrogens is 354 g/mol. The molecule has 1 aliphatic heterocycles. The largest absolute Gasteiger partial charge is 0.398 e. The Morgan fingerprint density at radius 1 is 1.33 bits per heavy atom. The Hall–Kier alpha value is -0.630. The lowest BCUT2D eigenvalue weighted by molar-refractivity contribution is 0.290. The maximum atomic E-state index is 13.0. The van der Waals surface area contributed by atoms with Crippen LogP contribution in [-0.4, -0.2) is 50.3 Å². The molecule has 0 aromatic heterocycles. The van der Waals surface area contributed by atoms with Crippen LogP contribution >= 0.6 is 15.9 Å². The van der Waals surface area contributed by atoms with E-state index in [-0.39, 0.29) is 6.04 Å². The van der Waals surface area contributed by atoms with Gasteiger partial charge in [0.15, 0.2) is 0 Å². The summed E-state index contributed by atoms with van der Waals surface area (Å²) in [6.45, 7) is 5.95. The highest BCUT2D eigenvalue weighted by Crippen LogP contribution is 2.30. The summed E-state index contributed by atoms with van der Waals surface area (Å²) in [7, 11) is -1.50. The molecule has 1 saturated heterocycles. The van der Waals surface area contributed by atoms with Crippen molar-refractivity contribution in [2.24, 2.45) is 0 Å². The fraction of sp³-hybridized carbons (Fsp3) is 0.571. The third kappa shape index (κ3) is 3.41. The molecule has 118 valence electrons. The van der Waals surface area contributed by atoms with Crippen molar-refractivity contribution >= 4 is 31.6 Å². The van der Waals surface area contributed by atoms with E-state index in [2.05, 4.69) is 20.8 Å². The predicted octanol–water partition coefficient (Wildman–Crippen LogP) is 2.05. The molecule has 0 radical (unpaired) electrons. The summed E-state index contributed by atoms with van der Waals surface area (Å²) in [5.74, 6) is 0. The van der Waals surface area contributed by atoms with Crippen molar-refractivity contribution < 1.29 is 8.42 Å². The molecule has 1 aromatic rings. The van der Waals surface area contributed by atoms with E-state index in [0.717, 1.165) is 24.0 Å². The minimum absolute atomic E-state index is 0.0493. The summed E-state index contributed by atoms with van der Waals surface area (Å²) >= 11 is 3.34. The van der Waals surface area contributed by atoms with Crippen LogP contribution in [0.1, 0.15) is 18.9 Å². The second kappa shape index (κ2) is 6.24. The number of nitrogens with zero attached hydrogens (tertiary/aromatic N) is 2. The number of rotatable bonds is 2. The summed E-state index contributed by atoms with van der Waals surface area (Å²) in [6.07, 6.45) is 0.838. The standard InChI is InChI=1S/C14H22BrN3O2S/c1-10-7-12(15)13(16)8-14(10)21(19,20)18-6-4-5-17(3)9-11(18)2/h7-8,11H,4-6,9,16H2,1-3H3. The summed E-state index contributed by atoms with van der Waals surface area (Å²) < 4.78 is 28.3. The van der Waals surface area contributed by atoms with Crippen LogP contribution in [0, 0.1) is 6.92 Å². The monoisotopic (exact) mass is 375 g/mol. The van der Waals surface area contributed by atoms with Crippen LogP contribution in [0.2, 0.25) is 0 Å². The van der Waals surface area contributed by atoms with Crippen molar-refractivity contribution in [3.05, 3.63) is 22.2 Å². The van der Waals surface area contributed by atoms with E-state index in [4.69, 9.17) is 5.73 Å². The van der Waals surface area contributed by atoms with Crippen LogP contribution in [0.3, 0.4) is 0 Å². The first-order chi connectivity index (χ1) is 9.73. The Kier molecular flexibility index (Phi) is 4.97. The number of hydrogen-bond donors (Lipinski definition) is 1. The van der Waals surface area contributed by atoms with Crippen LogP contribution in [-0.2, 0) is 10.0 Å². The van der Waals surface area contributed by atoms with Gasteiger partial charge in [0.1, 0.15) is 0 Å². The number of anilines is 1. The van der Waals surface area contributed by atoms with E-state index in [1.54, 1.807) is 23.4 Å². The third-order valence-electron chi connectivity index (χ3n) is 3.87. The lowest BCUT2D eigenvalue weighted by Crippen LogP contribution is -2.42. The Morgan fingerprint density at radius 3 is 2.67 bits per heavy atom. The van der Waals surface area contributed by atoms with Gasteiger partial charge < -0.3 is 10.6 Å². The number of halogens is 1. The lowest BCUT2D eigenvalue weighted by Gasteiger charge is -2.28. The van der Waals surface area contributed by atoms with Crippen molar-refractivity contribution in [3.8, 4) is 0 Å². The van der Waals surface area contributed by atoms with Crippen LogP contribution in [0.4, 0.5) is 5.69 Å². The number of nitrogens with two attached hydrogens (primary N) is 1. The second-order valence-electron chi connectivity index (χ2n) is 5.72. The Bertz CT molecular complexity index is 633. The van der Waals surface area contributed by atoms with Crippen molar-refractivity contribution in [3.63, 3.8) is 0 Å². The quantitative estimate of drug-likeness (QED) is 0.803. The molecule has 1 atom stereocenters. The van der Waals surface area contributed by atoms with E-state index in [0.29, 0.717) is 22.7 Å². The van der Waals surface area contributed by atoms with Gasteiger partial charge in [-0.2, -0.15) is 4.31 Å². The number of nitrogen functional groups attached to an aromatic ring is 1. The van der Waals surface area contributed by atoms with Crippen LogP contribution in [0.25, 0.3) is 0 Å². The van der Waals surface area contributed by atoms with Crippen molar-refractivity contribution in [2.45, 2.75) is 31.2 Å². The first-order valence-corrected chi connectivity index (χ1v) is 9.23. The second-order valence-corrected chi connectivity index (χ2v) is 8.43. The minimum atomic E-state index is -3.52. The molecule has 7 heteroatoms. The minimum Gasteiger partial charge on any atom is -0.398 e. The normalized spacial score (nSPS) is 22.2. The molecular formula is C14H22BrN3O2S. The Morgan fingerprint density at radius 2 is 2.00 bits per heavy atom. The molecule has 2 rings (SSSR count). The van der Waals surface area contributed by atoms with Gasteiger partial charge in [0.2, 0.25) is 10.0 Å². The summed E-state index contributed by atoms with van der Waals surface area (Å²) in [4.78, 5) is 2.47. The maximum absolute atomic E-state index is 13.0.